The summed E-state index contributed by atoms with van der Waals surface area (Å²) in [5.74, 6) is -2.43. The van der Waals surface area contributed by atoms with Crippen molar-refractivity contribution in [2.24, 2.45) is 4.99 Å². The van der Waals surface area contributed by atoms with Crippen LogP contribution in [0.15, 0.2) is 53.7 Å². The first kappa shape index (κ1) is 21.2. The normalized spacial score (nSPS) is 12.1. The molecule has 0 aliphatic carbocycles. The fourth-order valence-electron chi connectivity index (χ4n) is 2.66. The molecule has 0 saturated heterocycles. The lowest BCUT2D eigenvalue weighted by atomic mass is 10.0. The molecule has 0 saturated carbocycles. The molecule has 0 bridgehead atoms. The van der Waals surface area contributed by atoms with E-state index in [4.69, 9.17) is 33.7 Å². The van der Waals surface area contributed by atoms with Gasteiger partial charge in [0.1, 0.15) is 35.5 Å². The van der Waals surface area contributed by atoms with Crippen LogP contribution in [-0.4, -0.2) is 10.9 Å². The number of rotatable bonds is 4. The fourth-order valence-corrected chi connectivity index (χ4v) is 2.92. The highest BCUT2D eigenvalue weighted by molar-refractivity contribution is 6.30. The molecule has 3 rings (SSSR count). The molecule has 1 atom stereocenters. The van der Waals surface area contributed by atoms with Crippen LogP contribution in [0, 0.1) is 34.3 Å². The highest BCUT2D eigenvalue weighted by atomic mass is 35.5. The number of nitriles is 2. The minimum Gasteiger partial charge on any atom is -0.858 e. The summed E-state index contributed by atoms with van der Waals surface area (Å²) in [5, 5.41) is 30.8. The molecule has 0 amide bonds. The van der Waals surface area contributed by atoms with Crippen molar-refractivity contribution >= 4 is 29.1 Å². The molecule has 2 aromatic carbocycles. The van der Waals surface area contributed by atoms with Gasteiger partial charge < -0.3 is 5.11 Å². The molecule has 5 nitrogen and oxygen atoms in total. The molecule has 1 unspecified atom stereocenters. The second-order valence-corrected chi connectivity index (χ2v) is 6.86. The van der Waals surface area contributed by atoms with E-state index in [0.29, 0.717) is 0 Å². The Balaban J connectivity index is 2.16. The van der Waals surface area contributed by atoms with Crippen LogP contribution in [0.3, 0.4) is 0 Å². The van der Waals surface area contributed by atoms with Crippen molar-refractivity contribution in [3.8, 4) is 12.1 Å². The average molecular weight is 442 g/mol. The molecule has 148 valence electrons. The molecule has 1 aromatic heterocycles. The number of hydrogen-bond acceptors (Lipinski definition) is 5. The topological polar surface area (TPSA) is 95.9 Å². The van der Waals surface area contributed by atoms with Crippen molar-refractivity contribution < 1.29 is 13.9 Å². The molecular formula is C21H9Cl2F2N4O-. The Bertz CT molecular complexity index is 1250. The van der Waals surface area contributed by atoms with Gasteiger partial charge in [0.25, 0.3) is 0 Å². The van der Waals surface area contributed by atoms with E-state index in [9.17, 15) is 13.9 Å². The van der Waals surface area contributed by atoms with Gasteiger partial charge in [-0.1, -0.05) is 35.3 Å². The van der Waals surface area contributed by atoms with Crippen LogP contribution in [0.1, 0.15) is 34.0 Å². The van der Waals surface area contributed by atoms with Crippen LogP contribution in [0.2, 0.25) is 10.0 Å². The highest BCUT2D eigenvalue weighted by Gasteiger charge is 2.21. The first-order valence-corrected chi connectivity index (χ1v) is 9.05. The molecule has 0 fully saturated rings. The van der Waals surface area contributed by atoms with Crippen LogP contribution < -0.4 is 5.11 Å². The average Bonchev–Trinajstić information content (AvgIpc) is 2.73. The van der Waals surface area contributed by atoms with E-state index in [1.54, 1.807) is 0 Å². The van der Waals surface area contributed by atoms with Crippen molar-refractivity contribution in [1.29, 1.82) is 10.5 Å². The van der Waals surface area contributed by atoms with Gasteiger partial charge in [-0.2, -0.15) is 10.5 Å². The largest absolute Gasteiger partial charge is 0.858 e. The Labute approximate surface area is 180 Å². The second kappa shape index (κ2) is 8.87. The summed E-state index contributed by atoms with van der Waals surface area (Å²) >= 11 is 11.5. The fraction of sp³-hybridized carbons (Fsp3) is 0.0476. The number of pyridine rings is 1. The van der Waals surface area contributed by atoms with Crippen LogP contribution in [0.4, 0.5) is 8.78 Å². The lowest BCUT2D eigenvalue weighted by Crippen LogP contribution is -2.21. The van der Waals surface area contributed by atoms with Gasteiger partial charge in [-0.05, 0) is 47.4 Å². The zero-order valence-electron chi connectivity index (χ0n) is 14.9. The van der Waals surface area contributed by atoms with Crippen LogP contribution in [0.25, 0.3) is 0 Å². The first-order valence-electron chi connectivity index (χ1n) is 8.29. The number of nitrogens with zero attached hydrogens (tertiary/aromatic N) is 4. The molecular weight excluding hydrogens is 433 g/mol. The number of halogens is 4. The van der Waals surface area contributed by atoms with E-state index in [-0.39, 0.29) is 38.0 Å². The van der Waals surface area contributed by atoms with Gasteiger partial charge >= 0.3 is 0 Å². The van der Waals surface area contributed by atoms with Gasteiger partial charge in [0.05, 0.1) is 21.2 Å². The van der Waals surface area contributed by atoms with E-state index >= 15 is 0 Å². The monoisotopic (exact) mass is 441 g/mol. The van der Waals surface area contributed by atoms with Gasteiger partial charge in [-0.25, -0.2) is 8.78 Å². The van der Waals surface area contributed by atoms with Crippen molar-refractivity contribution in [2.45, 2.75) is 6.04 Å². The number of benzene rings is 2. The molecule has 30 heavy (non-hydrogen) atoms. The molecule has 3 aromatic rings. The molecule has 0 aliphatic rings. The van der Waals surface area contributed by atoms with Crippen molar-refractivity contribution in [1.82, 2.24) is 4.98 Å². The summed E-state index contributed by atoms with van der Waals surface area (Å²) in [6.45, 7) is 0. The Morgan fingerprint density at radius 1 is 1.00 bits per heavy atom. The summed E-state index contributed by atoms with van der Waals surface area (Å²) in [6, 6.07) is 10.8. The minimum atomic E-state index is -1.30. The maximum absolute atomic E-state index is 14.5. The maximum atomic E-state index is 14.5. The summed E-state index contributed by atoms with van der Waals surface area (Å²) in [4.78, 5) is 7.90. The molecule has 0 spiro atoms. The Hall–Kier alpha value is -3.52. The molecule has 1 heterocycles. The van der Waals surface area contributed by atoms with Crippen molar-refractivity contribution in [3.05, 3.63) is 98.3 Å². The second-order valence-electron chi connectivity index (χ2n) is 6.01. The smallest absolute Gasteiger partial charge is 0.148 e. The number of aliphatic imine (C=N–C) groups is 1. The van der Waals surface area contributed by atoms with E-state index in [2.05, 4.69) is 9.98 Å². The molecule has 9 heteroatoms. The Morgan fingerprint density at radius 3 is 2.37 bits per heavy atom. The SMILES string of the molecule is N#Cc1ccc(C([O-])=NC(c2ccc(Cl)c(F)c2)c2ncc(Cl)cc2F)cc1C#N. The highest BCUT2D eigenvalue weighted by Crippen LogP contribution is 2.30. The van der Waals surface area contributed by atoms with Crippen LogP contribution >= 0.6 is 23.2 Å². The van der Waals surface area contributed by atoms with E-state index in [1.165, 1.54) is 36.5 Å². The lowest BCUT2D eigenvalue weighted by Gasteiger charge is -2.19. The zero-order valence-corrected chi connectivity index (χ0v) is 16.4. The summed E-state index contributed by atoms with van der Waals surface area (Å²) in [6.07, 6.45) is 1.18. The van der Waals surface area contributed by atoms with Gasteiger partial charge in [0, 0.05) is 6.20 Å². The van der Waals surface area contributed by atoms with Crippen LogP contribution in [-0.2, 0) is 0 Å². The lowest BCUT2D eigenvalue weighted by molar-refractivity contribution is -0.213. The molecule has 0 radical (unpaired) electrons. The van der Waals surface area contributed by atoms with Gasteiger partial charge in [0.15, 0.2) is 0 Å². The van der Waals surface area contributed by atoms with Crippen molar-refractivity contribution in [2.75, 3.05) is 0 Å². The third-order valence-electron chi connectivity index (χ3n) is 4.11. The standard InChI is InChI=1S/C21H10Cl2F2N4O/c22-15-7-18(25)20(28-10-15)19(11-3-4-16(23)17(24)6-11)29-21(30)12-1-2-13(8-26)14(5-12)9-27/h1-7,10,19H,(H,29,30)/p-1. The predicted octanol–water partition coefficient (Wildman–Crippen LogP) is 4.31. The van der Waals surface area contributed by atoms with Gasteiger partial charge in [0.2, 0.25) is 0 Å². The number of hydrogen-bond donors (Lipinski definition) is 0. The Morgan fingerprint density at radius 2 is 1.73 bits per heavy atom. The van der Waals surface area contributed by atoms with Gasteiger partial charge in [-0.3, -0.25) is 9.98 Å². The van der Waals surface area contributed by atoms with E-state index in [1.807, 2.05) is 12.1 Å². The summed E-state index contributed by atoms with van der Waals surface area (Å²) in [5.41, 5.74) is -0.0321. The maximum Gasteiger partial charge on any atom is 0.148 e. The number of aromatic nitrogens is 1. The molecule has 0 aliphatic heterocycles. The predicted molar refractivity (Wildman–Crippen MR) is 105 cm³/mol. The zero-order chi connectivity index (χ0) is 21.8. The Kier molecular flexibility index (Phi) is 6.27. The third-order valence-corrected chi connectivity index (χ3v) is 4.62. The van der Waals surface area contributed by atoms with E-state index < -0.39 is 23.6 Å². The van der Waals surface area contributed by atoms with Crippen molar-refractivity contribution in [3.63, 3.8) is 0 Å². The third kappa shape index (κ3) is 4.38. The van der Waals surface area contributed by atoms with Crippen LogP contribution in [0.5, 0.6) is 0 Å². The summed E-state index contributed by atoms with van der Waals surface area (Å²) in [7, 11) is 0. The van der Waals surface area contributed by atoms with Gasteiger partial charge in [-0.15, -0.1) is 0 Å². The first-order chi connectivity index (χ1) is 14.3. The minimum absolute atomic E-state index is 0.000595. The summed E-state index contributed by atoms with van der Waals surface area (Å²) < 4.78 is 28.5. The quantitative estimate of drug-likeness (QED) is 0.445. The van der Waals surface area contributed by atoms with E-state index in [0.717, 1.165) is 12.1 Å². The molecule has 0 N–H and O–H groups in total.